The van der Waals surface area contributed by atoms with Crippen LogP contribution >= 0.6 is 0 Å². The van der Waals surface area contributed by atoms with Crippen molar-refractivity contribution in [3.05, 3.63) is 6.92 Å². The Morgan fingerprint density at radius 2 is 1.75 bits per heavy atom. The fourth-order valence-corrected chi connectivity index (χ4v) is 0. The summed E-state index contributed by atoms with van der Waals surface area (Å²) in [5.74, 6) is 0. The van der Waals surface area contributed by atoms with Gasteiger partial charge in [-0.05, 0) is 6.92 Å². The van der Waals surface area contributed by atoms with E-state index in [1.807, 2.05) is 0 Å². The van der Waals surface area contributed by atoms with Crippen molar-refractivity contribution < 1.29 is 22.2 Å². The monoisotopic (exact) mass is 108 g/mol. The third kappa shape index (κ3) is 23.6. The van der Waals surface area contributed by atoms with E-state index in [2.05, 4.69) is 6.92 Å². The molecule has 30 valence electrons. The van der Waals surface area contributed by atoms with Crippen molar-refractivity contribution >= 4 is 0 Å². The zero-order chi connectivity index (χ0) is 2.71. The van der Waals surface area contributed by atoms with E-state index in [-0.39, 0.29) is 23.7 Å². The molecule has 1 N–H and O–H groups in total. The zero-order valence-electron chi connectivity index (χ0n) is 2.16. The van der Waals surface area contributed by atoms with Gasteiger partial charge in [0.05, 0.1) is 0 Å². The van der Waals surface area contributed by atoms with E-state index >= 15 is 0 Å². The molecule has 0 heterocycles. The summed E-state index contributed by atoms with van der Waals surface area (Å²) >= 11 is 0. The minimum absolute atomic E-state index is 0. The van der Waals surface area contributed by atoms with Crippen molar-refractivity contribution in [2.75, 3.05) is 6.61 Å². The first-order valence-corrected chi connectivity index (χ1v) is 0.816. The standard InChI is InChI=1S/C2H5O.Cu/c1-2-3;/h3H,1-2H2;. The number of aliphatic hydroxyl groups excluding tert-OH is 1. The van der Waals surface area contributed by atoms with Crippen molar-refractivity contribution in [3.8, 4) is 0 Å². The second-order valence-electron chi connectivity index (χ2n) is 0.224. The van der Waals surface area contributed by atoms with Crippen LogP contribution in [0, 0.1) is 6.92 Å². The minimum Gasteiger partial charge on any atom is -0.396 e. The van der Waals surface area contributed by atoms with E-state index in [1.54, 1.807) is 0 Å². The Bertz CT molecular complexity index is 6.00. The molecule has 4 heavy (non-hydrogen) atoms. The number of rotatable bonds is 0. The first-order chi connectivity index (χ1) is 1.41. The van der Waals surface area contributed by atoms with Crippen LogP contribution in [0.4, 0.5) is 0 Å². The van der Waals surface area contributed by atoms with Crippen LogP contribution < -0.4 is 0 Å². The van der Waals surface area contributed by atoms with Crippen molar-refractivity contribution in [1.29, 1.82) is 0 Å². The molecule has 0 aromatic rings. The second kappa shape index (κ2) is 9.77. The Labute approximate surface area is 36.5 Å². The van der Waals surface area contributed by atoms with Gasteiger partial charge in [0.25, 0.3) is 0 Å². The average molecular weight is 109 g/mol. The van der Waals surface area contributed by atoms with Crippen LogP contribution in [0.25, 0.3) is 0 Å². The van der Waals surface area contributed by atoms with Gasteiger partial charge in [-0.3, -0.25) is 0 Å². The largest absolute Gasteiger partial charge is 0.396 e. The van der Waals surface area contributed by atoms with Crippen LogP contribution in [-0.4, -0.2) is 11.7 Å². The molecule has 0 bridgehead atoms. The van der Waals surface area contributed by atoms with Crippen LogP contribution in [0.3, 0.4) is 0 Å². The van der Waals surface area contributed by atoms with Gasteiger partial charge in [-0.15, -0.1) is 0 Å². The summed E-state index contributed by atoms with van der Waals surface area (Å²) in [6, 6.07) is 0. The Hall–Kier alpha value is 0.479. The van der Waals surface area contributed by atoms with Crippen LogP contribution in [0.2, 0.25) is 0 Å². The Kier molecular flexibility index (Phi) is 21.6. The summed E-state index contributed by atoms with van der Waals surface area (Å²) in [6.45, 7) is 3.04. The molecule has 0 saturated carbocycles. The molecule has 0 aromatic heterocycles. The molecule has 2 radical (unpaired) electrons. The van der Waals surface area contributed by atoms with Gasteiger partial charge in [0.15, 0.2) is 0 Å². The van der Waals surface area contributed by atoms with Gasteiger partial charge in [0.1, 0.15) is 0 Å². The Morgan fingerprint density at radius 3 is 1.75 bits per heavy atom. The minimum atomic E-state index is 0. The van der Waals surface area contributed by atoms with Gasteiger partial charge in [-0.1, -0.05) is 0 Å². The first kappa shape index (κ1) is 8.82. The third-order valence-corrected chi connectivity index (χ3v) is 0. The van der Waals surface area contributed by atoms with E-state index in [0.717, 1.165) is 0 Å². The number of hydrogen-bond acceptors (Lipinski definition) is 1. The number of hydrogen-bond donors (Lipinski definition) is 1. The van der Waals surface area contributed by atoms with Crippen molar-refractivity contribution in [2.24, 2.45) is 0 Å². The fraction of sp³-hybridized carbons (Fsp3) is 0.500. The van der Waals surface area contributed by atoms with E-state index in [1.165, 1.54) is 0 Å². The molecule has 0 saturated heterocycles. The fourth-order valence-electron chi connectivity index (χ4n) is 0. The molecule has 0 spiro atoms. The molecule has 1 nitrogen and oxygen atoms in total. The van der Waals surface area contributed by atoms with Crippen molar-refractivity contribution in [3.63, 3.8) is 0 Å². The van der Waals surface area contributed by atoms with E-state index in [4.69, 9.17) is 5.11 Å². The molecule has 0 aromatic carbocycles. The SMILES string of the molecule is [CH2]CO.[Cu]. The maximum atomic E-state index is 7.46. The van der Waals surface area contributed by atoms with Gasteiger partial charge in [-0.25, -0.2) is 0 Å². The van der Waals surface area contributed by atoms with Crippen LogP contribution in [0.15, 0.2) is 0 Å². The Morgan fingerprint density at radius 1 is 1.75 bits per heavy atom. The normalized spacial score (nSPS) is 4.50. The molecule has 0 amide bonds. The first-order valence-electron chi connectivity index (χ1n) is 0.816. The van der Waals surface area contributed by atoms with E-state index < -0.39 is 0 Å². The maximum absolute atomic E-state index is 7.46. The summed E-state index contributed by atoms with van der Waals surface area (Å²) in [6.07, 6.45) is 0. The van der Waals surface area contributed by atoms with E-state index in [9.17, 15) is 0 Å². The molecule has 0 aliphatic carbocycles. The molecule has 0 unspecified atom stereocenters. The molecule has 0 aliphatic heterocycles. The van der Waals surface area contributed by atoms with Crippen molar-refractivity contribution in [2.45, 2.75) is 0 Å². The molecule has 0 fully saturated rings. The van der Waals surface area contributed by atoms with Gasteiger partial charge >= 0.3 is 0 Å². The van der Waals surface area contributed by atoms with Crippen molar-refractivity contribution in [1.82, 2.24) is 0 Å². The summed E-state index contributed by atoms with van der Waals surface area (Å²) < 4.78 is 0. The smallest absolute Gasteiger partial charge is 0.0431 e. The van der Waals surface area contributed by atoms with Crippen LogP contribution in [0.1, 0.15) is 0 Å². The molecule has 0 aliphatic rings. The molecule has 0 rings (SSSR count). The summed E-state index contributed by atoms with van der Waals surface area (Å²) in [4.78, 5) is 0. The topological polar surface area (TPSA) is 20.2 Å². The average Bonchev–Trinajstić information content (AvgIpc) is 0.918. The second-order valence-corrected chi connectivity index (χ2v) is 0.224. The summed E-state index contributed by atoms with van der Waals surface area (Å²) in [5, 5.41) is 7.46. The molecule has 0 atom stereocenters. The van der Waals surface area contributed by atoms with Crippen LogP contribution in [-0.2, 0) is 17.1 Å². The van der Waals surface area contributed by atoms with Crippen LogP contribution in [0.5, 0.6) is 0 Å². The maximum Gasteiger partial charge on any atom is 0.0431 e. The molecular weight excluding hydrogens is 104 g/mol. The predicted molar refractivity (Wildman–Crippen MR) is 12.4 cm³/mol. The van der Waals surface area contributed by atoms with E-state index in [0.29, 0.717) is 0 Å². The molecule has 2 heteroatoms. The quantitative estimate of drug-likeness (QED) is 0.427. The van der Waals surface area contributed by atoms with Gasteiger partial charge in [-0.2, -0.15) is 0 Å². The van der Waals surface area contributed by atoms with Gasteiger partial charge in [0, 0.05) is 23.7 Å². The third-order valence-electron chi connectivity index (χ3n) is 0. The summed E-state index contributed by atoms with van der Waals surface area (Å²) in [5.41, 5.74) is 0. The predicted octanol–water partition coefficient (Wildman–Crippen LogP) is -0.190. The van der Waals surface area contributed by atoms with Gasteiger partial charge < -0.3 is 5.11 Å². The Balaban J connectivity index is 0. The number of aliphatic hydroxyl groups is 1. The molecular formula is C2H5CuO. The zero-order valence-corrected chi connectivity index (χ0v) is 3.10. The van der Waals surface area contributed by atoms with Gasteiger partial charge in [0.2, 0.25) is 0 Å². The summed E-state index contributed by atoms with van der Waals surface area (Å²) in [7, 11) is 0.